The van der Waals surface area contributed by atoms with Crippen LogP contribution in [0.3, 0.4) is 0 Å². The third-order valence-corrected chi connectivity index (χ3v) is 7.55. The SMILES string of the molecule is CN(C)c1ccc(C2C(=C(O)c3ccc4c(c3)OCCO4)C(=O)C(=O)N2c2nc3ccc(F)cc3s2)cc1. The van der Waals surface area contributed by atoms with Crippen LogP contribution in [0.4, 0.5) is 15.2 Å². The van der Waals surface area contributed by atoms with Crippen molar-refractivity contribution < 1.29 is 28.6 Å². The molecule has 4 aromatic rings. The summed E-state index contributed by atoms with van der Waals surface area (Å²) < 4.78 is 25.6. The van der Waals surface area contributed by atoms with Crippen molar-refractivity contribution in [3.05, 3.63) is 83.2 Å². The molecule has 10 heteroatoms. The summed E-state index contributed by atoms with van der Waals surface area (Å²) in [5.74, 6) is -1.46. The first-order chi connectivity index (χ1) is 18.3. The van der Waals surface area contributed by atoms with E-state index in [-0.39, 0.29) is 16.5 Å². The van der Waals surface area contributed by atoms with Crippen LogP contribution in [0.15, 0.2) is 66.2 Å². The summed E-state index contributed by atoms with van der Waals surface area (Å²) in [6, 6.07) is 15.4. The van der Waals surface area contributed by atoms with E-state index in [4.69, 9.17) is 9.47 Å². The Bertz CT molecular complexity index is 1630. The summed E-state index contributed by atoms with van der Waals surface area (Å²) in [4.78, 5) is 34.7. The molecular formula is C28H22FN3O5S. The number of carbonyl (C=O) groups is 2. The maximum absolute atomic E-state index is 13.9. The number of aliphatic hydroxyl groups is 1. The van der Waals surface area contributed by atoms with E-state index in [2.05, 4.69) is 4.98 Å². The number of fused-ring (bicyclic) bond motifs is 2. The smallest absolute Gasteiger partial charge is 0.301 e. The van der Waals surface area contributed by atoms with Crippen molar-refractivity contribution >= 4 is 49.8 Å². The fraction of sp³-hybridized carbons (Fsp3) is 0.179. The molecule has 1 saturated heterocycles. The third-order valence-electron chi connectivity index (χ3n) is 6.53. The summed E-state index contributed by atoms with van der Waals surface area (Å²) in [7, 11) is 3.81. The normalized spacial score (nSPS) is 18.3. The molecule has 0 bridgehead atoms. The number of thiazole rings is 1. The predicted molar refractivity (Wildman–Crippen MR) is 143 cm³/mol. The average molecular weight is 532 g/mol. The Labute approximate surface area is 221 Å². The van der Waals surface area contributed by atoms with Crippen LogP contribution in [0.1, 0.15) is 17.2 Å². The molecule has 1 atom stereocenters. The van der Waals surface area contributed by atoms with Gasteiger partial charge in [0.25, 0.3) is 5.78 Å². The largest absolute Gasteiger partial charge is 0.507 e. The lowest BCUT2D eigenvalue weighted by Gasteiger charge is -2.24. The van der Waals surface area contributed by atoms with Crippen LogP contribution in [0.25, 0.3) is 16.0 Å². The number of rotatable bonds is 4. The van der Waals surface area contributed by atoms with Gasteiger partial charge in [0, 0.05) is 25.3 Å². The van der Waals surface area contributed by atoms with Gasteiger partial charge in [-0.2, -0.15) is 0 Å². The zero-order chi connectivity index (χ0) is 26.6. The number of aromatic nitrogens is 1. The summed E-state index contributed by atoms with van der Waals surface area (Å²) in [5, 5.41) is 11.7. The number of hydrogen-bond acceptors (Lipinski definition) is 8. The van der Waals surface area contributed by atoms with Crippen molar-refractivity contribution in [1.82, 2.24) is 4.98 Å². The first kappa shape index (κ1) is 23.9. The highest BCUT2D eigenvalue weighted by Crippen LogP contribution is 2.45. The number of hydrogen-bond donors (Lipinski definition) is 1. The Kier molecular flexibility index (Phi) is 5.76. The molecule has 3 heterocycles. The van der Waals surface area contributed by atoms with Crippen LogP contribution in [0.2, 0.25) is 0 Å². The number of benzene rings is 3. The van der Waals surface area contributed by atoms with Gasteiger partial charge in [-0.25, -0.2) is 9.37 Å². The second kappa shape index (κ2) is 9.14. The van der Waals surface area contributed by atoms with E-state index in [9.17, 15) is 19.1 Å². The number of ketones is 1. The minimum Gasteiger partial charge on any atom is -0.507 e. The van der Waals surface area contributed by atoms with Gasteiger partial charge in [0.15, 0.2) is 16.6 Å². The molecule has 0 radical (unpaired) electrons. The monoisotopic (exact) mass is 531 g/mol. The summed E-state index contributed by atoms with van der Waals surface area (Å²) >= 11 is 1.10. The molecule has 1 amide bonds. The maximum Gasteiger partial charge on any atom is 0.301 e. The number of Topliss-reactive ketones (excluding diaryl/α,β-unsaturated/α-hetero) is 1. The van der Waals surface area contributed by atoms with Crippen molar-refractivity contribution in [2.75, 3.05) is 37.1 Å². The number of carbonyl (C=O) groups excluding carboxylic acids is 2. The van der Waals surface area contributed by atoms with Crippen LogP contribution < -0.4 is 19.3 Å². The quantitative estimate of drug-likeness (QED) is 0.228. The summed E-state index contributed by atoms with van der Waals surface area (Å²) in [6.07, 6.45) is 0. The average Bonchev–Trinajstić information content (AvgIpc) is 3.45. The Balaban J connectivity index is 1.53. The van der Waals surface area contributed by atoms with Crippen LogP contribution in [-0.2, 0) is 9.59 Å². The van der Waals surface area contributed by atoms with E-state index in [1.807, 2.05) is 43.3 Å². The summed E-state index contributed by atoms with van der Waals surface area (Å²) in [6.45, 7) is 0.774. The topological polar surface area (TPSA) is 92.2 Å². The molecule has 1 aromatic heterocycles. The lowest BCUT2D eigenvalue weighted by molar-refractivity contribution is -0.132. The van der Waals surface area contributed by atoms with E-state index >= 15 is 0 Å². The van der Waals surface area contributed by atoms with E-state index in [0.717, 1.165) is 17.0 Å². The second-order valence-corrected chi connectivity index (χ2v) is 10.1. The van der Waals surface area contributed by atoms with Gasteiger partial charge in [-0.05, 0) is 54.1 Å². The van der Waals surface area contributed by atoms with Crippen molar-refractivity contribution in [3.8, 4) is 11.5 Å². The molecule has 6 rings (SSSR count). The van der Waals surface area contributed by atoms with Gasteiger partial charge in [-0.3, -0.25) is 14.5 Å². The van der Waals surface area contributed by atoms with Crippen LogP contribution in [0.5, 0.6) is 11.5 Å². The van der Waals surface area contributed by atoms with E-state index in [1.54, 1.807) is 18.2 Å². The molecule has 2 aliphatic rings. The number of anilines is 2. The molecule has 0 aliphatic carbocycles. The lowest BCUT2D eigenvalue weighted by Crippen LogP contribution is -2.29. The highest BCUT2D eigenvalue weighted by Gasteiger charge is 2.48. The Morgan fingerprint density at radius 2 is 1.76 bits per heavy atom. The number of amides is 1. The molecular weight excluding hydrogens is 509 g/mol. The van der Waals surface area contributed by atoms with Crippen LogP contribution in [0, 0.1) is 5.82 Å². The first-order valence-electron chi connectivity index (χ1n) is 11.9. The molecule has 8 nitrogen and oxygen atoms in total. The van der Waals surface area contributed by atoms with Crippen molar-refractivity contribution in [2.24, 2.45) is 0 Å². The highest BCUT2D eigenvalue weighted by atomic mass is 32.1. The van der Waals surface area contributed by atoms with Gasteiger partial charge in [0.05, 0.1) is 21.8 Å². The predicted octanol–water partition coefficient (Wildman–Crippen LogP) is 4.90. The molecule has 0 spiro atoms. The molecule has 1 N–H and O–H groups in total. The molecule has 2 aliphatic heterocycles. The fourth-order valence-corrected chi connectivity index (χ4v) is 5.65. The Morgan fingerprint density at radius 3 is 2.50 bits per heavy atom. The van der Waals surface area contributed by atoms with Gasteiger partial charge in [-0.1, -0.05) is 23.5 Å². The standard InChI is InChI=1S/C28H22FN3O5S/c1-31(2)18-7-3-15(4-8-18)24-23(25(33)16-5-10-20-21(13-16)37-12-11-36-20)26(34)27(35)32(24)28-30-19-9-6-17(29)14-22(19)38-28/h3-10,13-14,24,33H,11-12H2,1-2H3. The van der Waals surface area contributed by atoms with E-state index in [0.29, 0.717) is 46.1 Å². The molecule has 38 heavy (non-hydrogen) atoms. The number of halogens is 1. The van der Waals surface area contributed by atoms with Crippen LogP contribution >= 0.6 is 11.3 Å². The lowest BCUT2D eigenvalue weighted by atomic mass is 9.95. The minimum atomic E-state index is -0.954. The van der Waals surface area contributed by atoms with E-state index < -0.39 is 23.5 Å². The van der Waals surface area contributed by atoms with Gasteiger partial charge in [-0.15, -0.1) is 0 Å². The summed E-state index contributed by atoms with van der Waals surface area (Å²) in [5.41, 5.74) is 2.28. The number of aliphatic hydroxyl groups excluding tert-OH is 1. The Hall–Kier alpha value is -4.44. The fourth-order valence-electron chi connectivity index (χ4n) is 4.64. The highest BCUT2D eigenvalue weighted by molar-refractivity contribution is 7.22. The number of nitrogens with zero attached hydrogens (tertiary/aromatic N) is 3. The van der Waals surface area contributed by atoms with Gasteiger partial charge >= 0.3 is 5.91 Å². The van der Waals surface area contributed by atoms with Gasteiger partial charge in [0.2, 0.25) is 0 Å². The molecule has 0 saturated carbocycles. The van der Waals surface area contributed by atoms with Gasteiger partial charge in [0.1, 0.15) is 24.8 Å². The zero-order valence-electron chi connectivity index (χ0n) is 20.5. The van der Waals surface area contributed by atoms with Crippen LogP contribution in [-0.4, -0.2) is 49.1 Å². The number of ether oxygens (including phenoxy) is 2. The minimum absolute atomic E-state index is 0.0743. The molecule has 1 fully saturated rings. The van der Waals surface area contributed by atoms with Crippen molar-refractivity contribution in [2.45, 2.75) is 6.04 Å². The van der Waals surface area contributed by atoms with Crippen molar-refractivity contribution in [1.29, 1.82) is 0 Å². The first-order valence-corrected chi connectivity index (χ1v) is 12.7. The maximum atomic E-state index is 13.9. The van der Waals surface area contributed by atoms with E-state index in [1.165, 1.54) is 23.1 Å². The third kappa shape index (κ3) is 3.93. The zero-order valence-corrected chi connectivity index (χ0v) is 21.3. The molecule has 192 valence electrons. The van der Waals surface area contributed by atoms with Gasteiger partial charge < -0.3 is 19.5 Å². The molecule has 3 aromatic carbocycles. The Morgan fingerprint density at radius 1 is 1.03 bits per heavy atom. The molecule has 1 unspecified atom stereocenters. The second-order valence-electron chi connectivity index (χ2n) is 9.12. The van der Waals surface area contributed by atoms with Crippen molar-refractivity contribution in [3.63, 3.8) is 0 Å².